The van der Waals surface area contributed by atoms with Gasteiger partial charge < -0.3 is 9.84 Å². The van der Waals surface area contributed by atoms with Gasteiger partial charge in [-0.1, -0.05) is 47.6 Å². The molecule has 3 aromatic rings. The molecule has 1 aliphatic rings. The summed E-state index contributed by atoms with van der Waals surface area (Å²) in [6, 6.07) is 18.4. The zero-order valence-corrected chi connectivity index (χ0v) is 14.7. The Morgan fingerprint density at radius 3 is 2.63 bits per heavy atom. The number of amides is 1. The van der Waals surface area contributed by atoms with Crippen molar-refractivity contribution in [3.8, 4) is 0 Å². The first kappa shape index (κ1) is 17.4. The number of likely N-dealkylation sites (tertiary alicyclic amines) is 1. The fourth-order valence-corrected chi connectivity index (χ4v) is 3.62. The van der Waals surface area contributed by atoms with Gasteiger partial charge in [-0.3, -0.25) is 9.69 Å². The molecule has 6 heteroatoms. The van der Waals surface area contributed by atoms with Crippen LogP contribution in [0.5, 0.6) is 0 Å². The number of hydrogen-bond acceptors (Lipinski definition) is 4. The summed E-state index contributed by atoms with van der Waals surface area (Å²) in [5, 5.41) is 6.54. The Bertz CT molecular complexity index is 882. The zero-order valence-electron chi connectivity index (χ0n) is 14.7. The van der Waals surface area contributed by atoms with Crippen LogP contribution in [-0.4, -0.2) is 22.5 Å². The molecule has 2 aromatic carbocycles. The van der Waals surface area contributed by atoms with E-state index in [-0.39, 0.29) is 23.7 Å². The van der Waals surface area contributed by atoms with Crippen molar-refractivity contribution < 1.29 is 13.7 Å². The van der Waals surface area contributed by atoms with E-state index >= 15 is 0 Å². The molecule has 2 heterocycles. The second-order valence-corrected chi connectivity index (χ2v) is 6.79. The molecule has 27 heavy (non-hydrogen) atoms. The van der Waals surface area contributed by atoms with Crippen LogP contribution in [0.15, 0.2) is 71.4 Å². The lowest BCUT2D eigenvalue weighted by Crippen LogP contribution is -2.27. The van der Waals surface area contributed by atoms with Gasteiger partial charge in [0.25, 0.3) is 0 Å². The maximum Gasteiger partial charge on any atom is 0.230 e. The molecule has 4 rings (SSSR count). The number of anilines is 1. The molecule has 1 aliphatic heterocycles. The van der Waals surface area contributed by atoms with E-state index in [4.69, 9.17) is 4.52 Å². The van der Waals surface area contributed by atoms with Gasteiger partial charge in [-0.15, -0.1) is 0 Å². The van der Waals surface area contributed by atoms with Crippen LogP contribution in [0.1, 0.15) is 23.6 Å². The monoisotopic (exact) mass is 365 g/mol. The van der Waals surface area contributed by atoms with Crippen LogP contribution >= 0.6 is 0 Å². The van der Waals surface area contributed by atoms with Gasteiger partial charge in [0.15, 0.2) is 5.82 Å². The van der Waals surface area contributed by atoms with Crippen LogP contribution in [0.4, 0.5) is 10.2 Å². The molecule has 1 amide bonds. The van der Waals surface area contributed by atoms with E-state index in [2.05, 4.69) is 27.5 Å². The lowest BCUT2D eigenvalue weighted by molar-refractivity contribution is -0.119. The van der Waals surface area contributed by atoms with Crippen LogP contribution in [-0.2, 0) is 11.3 Å². The molecule has 0 saturated carbocycles. The Kier molecular flexibility index (Phi) is 4.98. The summed E-state index contributed by atoms with van der Waals surface area (Å²) in [5.74, 6) is -0.0986. The maximum atomic E-state index is 13.3. The Hall–Kier alpha value is -2.99. The summed E-state index contributed by atoms with van der Waals surface area (Å²) < 4.78 is 18.1. The fraction of sp³-hybridized carbons (Fsp3) is 0.238. The molecule has 138 valence electrons. The van der Waals surface area contributed by atoms with Crippen molar-refractivity contribution in [2.45, 2.75) is 19.0 Å². The van der Waals surface area contributed by atoms with Crippen molar-refractivity contribution in [3.63, 3.8) is 0 Å². The van der Waals surface area contributed by atoms with Crippen molar-refractivity contribution >= 4 is 11.7 Å². The molecule has 0 bridgehead atoms. The molecule has 1 N–H and O–H groups in total. The van der Waals surface area contributed by atoms with Gasteiger partial charge in [-0.2, -0.15) is 0 Å². The Morgan fingerprint density at radius 2 is 1.93 bits per heavy atom. The first-order valence-corrected chi connectivity index (χ1v) is 8.94. The topological polar surface area (TPSA) is 58.4 Å². The molecule has 5 nitrogen and oxygen atoms in total. The van der Waals surface area contributed by atoms with Crippen LogP contribution in [0.3, 0.4) is 0 Å². The van der Waals surface area contributed by atoms with Gasteiger partial charge in [-0.05, 0) is 29.7 Å². The first-order valence-electron chi connectivity index (χ1n) is 8.94. The lowest BCUT2D eigenvalue weighted by Gasteiger charge is -2.24. The van der Waals surface area contributed by atoms with E-state index in [1.807, 2.05) is 18.2 Å². The summed E-state index contributed by atoms with van der Waals surface area (Å²) >= 11 is 0. The normalized spacial score (nSPS) is 19.9. The third-order valence-corrected chi connectivity index (χ3v) is 4.95. The standard InChI is InChI=1S/C21H20FN3O2/c22-18-8-6-16(7-9-18)19-12-17(21(26)23-20-10-11-27-24-20)14-25(19)13-15-4-2-1-3-5-15/h1-11,17,19H,12-14H2,(H,23,24,26)/t17-,19+/m1/s1. The second kappa shape index (κ2) is 7.72. The van der Waals surface area contributed by atoms with Crippen LogP contribution < -0.4 is 5.32 Å². The van der Waals surface area contributed by atoms with Gasteiger partial charge in [0.2, 0.25) is 5.91 Å². The van der Waals surface area contributed by atoms with E-state index in [0.29, 0.717) is 18.8 Å². The number of aromatic nitrogens is 1. The number of benzene rings is 2. The van der Waals surface area contributed by atoms with E-state index in [1.54, 1.807) is 18.2 Å². The number of hydrogen-bond donors (Lipinski definition) is 1. The zero-order chi connectivity index (χ0) is 18.6. The second-order valence-electron chi connectivity index (χ2n) is 6.79. The van der Waals surface area contributed by atoms with Crippen molar-refractivity contribution in [1.29, 1.82) is 0 Å². The number of nitrogens with zero attached hydrogens (tertiary/aromatic N) is 2. The predicted molar refractivity (Wildman–Crippen MR) is 99.2 cm³/mol. The molecule has 1 saturated heterocycles. The van der Waals surface area contributed by atoms with Crippen LogP contribution in [0.25, 0.3) is 0 Å². The van der Waals surface area contributed by atoms with Gasteiger partial charge in [0, 0.05) is 25.2 Å². The van der Waals surface area contributed by atoms with Crippen LogP contribution in [0.2, 0.25) is 0 Å². The average Bonchev–Trinajstić information content (AvgIpc) is 3.33. The fourth-order valence-electron chi connectivity index (χ4n) is 3.62. The lowest BCUT2D eigenvalue weighted by atomic mass is 9.99. The number of nitrogens with one attached hydrogen (secondary N) is 1. The molecule has 0 radical (unpaired) electrons. The number of carbonyl (C=O) groups excluding carboxylic acids is 1. The molecule has 2 atom stereocenters. The molecular weight excluding hydrogens is 345 g/mol. The molecular formula is C21H20FN3O2. The van der Waals surface area contributed by atoms with Crippen molar-refractivity contribution in [1.82, 2.24) is 10.1 Å². The summed E-state index contributed by atoms with van der Waals surface area (Å²) in [6.45, 7) is 1.36. The number of halogens is 1. The Morgan fingerprint density at radius 1 is 1.15 bits per heavy atom. The van der Waals surface area contributed by atoms with E-state index < -0.39 is 0 Å². The quantitative estimate of drug-likeness (QED) is 0.742. The minimum absolute atomic E-state index is 0.0545. The van der Waals surface area contributed by atoms with Crippen LogP contribution in [0, 0.1) is 11.7 Å². The summed E-state index contributed by atoms with van der Waals surface area (Å²) in [4.78, 5) is 14.9. The van der Waals surface area contributed by atoms with Gasteiger partial charge in [0.1, 0.15) is 12.1 Å². The van der Waals surface area contributed by atoms with Crippen molar-refractivity contribution in [2.75, 3.05) is 11.9 Å². The largest absolute Gasteiger partial charge is 0.363 e. The molecule has 0 spiro atoms. The third kappa shape index (κ3) is 4.06. The Labute approximate surface area is 156 Å². The predicted octanol–water partition coefficient (Wildman–Crippen LogP) is 4.02. The highest BCUT2D eigenvalue weighted by Crippen LogP contribution is 2.37. The smallest absolute Gasteiger partial charge is 0.230 e. The highest BCUT2D eigenvalue weighted by molar-refractivity contribution is 5.92. The summed E-state index contributed by atoms with van der Waals surface area (Å²) in [5.41, 5.74) is 2.20. The Balaban J connectivity index is 1.54. The van der Waals surface area contributed by atoms with Crippen molar-refractivity contribution in [3.05, 3.63) is 83.9 Å². The van der Waals surface area contributed by atoms with E-state index in [9.17, 15) is 9.18 Å². The summed E-state index contributed by atoms with van der Waals surface area (Å²) in [6.07, 6.45) is 2.09. The molecule has 1 fully saturated rings. The average molecular weight is 365 g/mol. The SMILES string of the molecule is O=C(Nc1ccon1)[C@@H]1C[C@@H](c2ccc(F)cc2)N(Cc2ccccc2)C1. The van der Waals surface area contributed by atoms with Gasteiger partial charge in [-0.25, -0.2) is 4.39 Å². The highest BCUT2D eigenvalue weighted by Gasteiger charge is 2.37. The number of rotatable bonds is 5. The molecule has 0 aliphatic carbocycles. The van der Waals surface area contributed by atoms with Crippen molar-refractivity contribution in [2.24, 2.45) is 5.92 Å². The number of carbonyl (C=O) groups is 1. The summed E-state index contributed by atoms with van der Waals surface area (Å²) in [7, 11) is 0. The minimum atomic E-state index is -0.258. The van der Waals surface area contributed by atoms with Gasteiger partial charge in [0.05, 0.1) is 5.92 Å². The third-order valence-electron chi connectivity index (χ3n) is 4.95. The van der Waals surface area contributed by atoms with E-state index in [1.165, 1.54) is 24.0 Å². The molecule has 0 unspecified atom stereocenters. The first-order chi connectivity index (χ1) is 13.2. The molecule has 1 aromatic heterocycles. The minimum Gasteiger partial charge on any atom is -0.363 e. The van der Waals surface area contributed by atoms with E-state index in [0.717, 1.165) is 12.1 Å². The highest BCUT2D eigenvalue weighted by atomic mass is 19.1. The maximum absolute atomic E-state index is 13.3. The van der Waals surface area contributed by atoms with Gasteiger partial charge >= 0.3 is 0 Å².